The molecule has 2 aromatic rings. The zero-order chi connectivity index (χ0) is 25.0. The molecule has 1 heteroatoms. The van der Waals surface area contributed by atoms with Crippen LogP contribution >= 0.6 is 11.8 Å². The normalized spacial score (nSPS) is 23.0. The van der Waals surface area contributed by atoms with Gasteiger partial charge in [-0.15, -0.1) is 11.8 Å². The van der Waals surface area contributed by atoms with Crippen LogP contribution in [-0.4, -0.2) is 4.75 Å². The molecule has 1 spiro atoms. The van der Waals surface area contributed by atoms with Gasteiger partial charge in [0.1, 0.15) is 0 Å². The summed E-state index contributed by atoms with van der Waals surface area (Å²) in [5.41, 5.74) is 9.86. The van der Waals surface area contributed by atoms with Crippen LogP contribution in [0.5, 0.6) is 0 Å². The van der Waals surface area contributed by atoms with Crippen LogP contribution in [-0.2, 0) is 27.1 Å². The Morgan fingerprint density at radius 1 is 0.636 bits per heavy atom. The summed E-state index contributed by atoms with van der Waals surface area (Å²) in [6.45, 7) is 31.5. The summed E-state index contributed by atoms with van der Waals surface area (Å²) in [4.78, 5) is 0. The lowest BCUT2D eigenvalue weighted by Crippen LogP contribution is -2.43. The first-order chi connectivity index (χ1) is 14.8. The molecule has 1 atom stereocenters. The zero-order valence-corrected chi connectivity index (χ0v) is 24.3. The summed E-state index contributed by atoms with van der Waals surface area (Å²) < 4.78 is 0.174. The number of benzene rings is 2. The molecule has 1 unspecified atom stereocenters. The van der Waals surface area contributed by atoms with Gasteiger partial charge in [-0.05, 0) is 49.6 Å². The second kappa shape index (κ2) is 6.93. The van der Waals surface area contributed by atoms with Crippen molar-refractivity contribution in [3.63, 3.8) is 0 Å². The molecular formula is C32H46S. The molecule has 1 aliphatic heterocycles. The third-order valence-corrected chi connectivity index (χ3v) is 10.9. The van der Waals surface area contributed by atoms with E-state index in [1.165, 1.54) is 5.56 Å². The Morgan fingerprint density at radius 3 is 1.36 bits per heavy atom. The van der Waals surface area contributed by atoms with Crippen molar-refractivity contribution in [1.82, 2.24) is 0 Å². The van der Waals surface area contributed by atoms with E-state index in [0.717, 1.165) is 0 Å². The standard InChI is InChI=1S/C32H46S/c1-27(2,3)20-18-23(28(4,5)6)25(24(19-20)29(7,8)9)26-32(33-26)30(10,11)21-16-14-15-17-22(21)31(32,12)13/h14-19,26H,1-13H3. The molecule has 1 heterocycles. The highest BCUT2D eigenvalue weighted by atomic mass is 32.2. The van der Waals surface area contributed by atoms with Crippen LogP contribution in [0.4, 0.5) is 0 Å². The second-order valence-electron chi connectivity index (χ2n) is 14.8. The second-order valence-corrected chi connectivity index (χ2v) is 16.1. The van der Waals surface area contributed by atoms with Crippen LogP contribution in [0, 0.1) is 0 Å². The summed E-state index contributed by atoms with van der Waals surface area (Å²) in [7, 11) is 0. The smallest absolute Gasteiger partial charge is 0.0508 e. The molecule has 4 rings (SSSR count). The molecule has 0 amide bonds. The quantitative estimate of drug-likeness (QED) is 0.380. The van der Waals surface area contributed by atoms with Crippen LogP contribution in [0.2, 0.25) is 0 Å². The fourth-order valence-corrected chi connectivity index (χ4v) is 8.92. The maximum Gasteiger partial charge on any atom is 0.0508 e. The Kier molecular flexibility index (Phi) is 5.23. The molecule has 0 aromatic heterocycles. The highest BCUT2D eigenvalue weighted by Crippen LogP contribution is 2.82. The molecule has 0 nitrogen and oxygen atoms in total. The van der Waals surface area contributed by atoms with Crippen molar-refractivity contribution in [2.24, 2.45) is 0 Å². The number of rotatable bonds is 1. The molecule has 0 N–H and O–H groups in total. The summed E-state index contributed by atoms with van der Waals surface area (Å²) in [5.74, 6) is 0. The van der Waals surface area contributed by atoms with Gasteiger partial charge in [0, 0.05) is 16.1 Å². The Balaban J connectivity index is 2.02. The third kappa shape index (κ3) is 3.39. The van der Waals surface area contributed by atoms with Gasteiger partial charge in [-0.2, -0.15) is 0 Å². The van der Waals surface area contributed by atoms with Crippen molar-refractivity contribution in [2.45, 2.75) is 127 Å². The molecule has 1 fully saturated rings. The molecule has 180 valence electrons. The van der Waals surface area contributed by atoms with E-state index in [0.29, 0.717) is 5.25 Å². The minimum Gasteiger partial charge on any atom is -0.142 e. The van der Waals surface area contributed by atoms with Gasteiger partial charge in [0.15, 0.2) is 0 Å². The van der Waals surface area contributed by atoms with E-state index in [1.807, 2.05) is 0 Å². The minimum absolute atomic E-state index is 0.0979. The van der Waals surface area contributed by atoms with Crippen LogP contribution in [0.15, 0.2) is 36.4 Å². The highest BCUT2D eigenvalue weighted by Gasteiger charge is 2.76. The van der Waals surface area contributed by atoms with E-state index >= 15 is 0 Å². The van der Waals surface area contributed by atoms with Crippen molar-refractivity contribution in [2.75, 3.05) is 0 Å². The Labute approximate surface area is 208 Å². The third-order valence-electron chi connectivity index (χ3n) is 8.67. The molecule has 0 radical (unpaired) electrons. The van der Waals surface area contributed by atoms with Crippen molar-refractivity contribution in [3.05, 3.63) is 69.8 Å². The predicted octanol–water partition coefficient (Wildman–Crippen LogP) is 9.37. The molecule has 2 aromatic carbocycles. The highest BCUT2D eigenvalue weighted by molar-refractivity contribution is 8.08. The summed E-state index contributed by atoms with van der Waals surface area (Å²) in [6.07, 6.45) is 0. The van der Waals surface area contributed by atoms with Gasteiger partial charge in [0.2, 0.25) is 0 Å². The molecule has 33 heavy (non-hydrogen) atoms. The number of thioether (sulfide) groups is 1. The van der Waals surface area contributed by atoms with E-state index < -0.39 is 0 Å². The molecule has 2 aliphatic rings. The fraction of sp³-hybridized carbons (Fsp3) is 0.625. The Bertz CT molecular complexity index is 1020. The average molecular weight is 463 g/mol. The van der Waals surface area contributed by atoms with Gasteiger partial charge < -0.3 is 0 Å². The first-order valence-electron chi connectivity index (χ1n) is 12.7. The zero-order valence-electron chi connectivity index (χ0n) is 23.4. The maximum atomic E-state index is 2.55. The molecule has 0 saturated carbocycles. The van der Waals surface area contributed by atoms with Crippen LogP contribution in [0.25, 0.3) is 0 Å². The van der Waals surface area contributed by atoms with Crippen molar-refractivity contribution < 1.29 is 0 Å². The van der Waals surface area contributed by atoms with Crippen molar-refractivity contribution >= 4 is 11.8 Å². The average Bonchev–Trinajstić information content (AvgIpc) is 3.40. The van der Waals surface area contributed by atoms with Gasteiger partial charge in [-0.1, -0.05) is 126 Å². The lowest BCUT2D eigenvalue weighted by atomic mass is 9.64. The molecule has 1 saturated heterocycles. The van der Waals surface area contributed by atoms with Crippen LogP contribution in [0.3, 0.4) is 0 Å². The van der Waals surface area contributed by atoms with Gasteiger partial charge in [-0.3, -0.25) is 0 Å². The predicted molar refractivity (Wildman–Crippen MR) is 148 cm³/mol. The Morgan fingerprint density at radius 2 is 1.03 bits per heavy atom. The van der Waals surface area contributed by atoms with E-state index in [1.54, 1.807) is 27.8 Å². The SMILES string of the molecule is CC(C)(C)c1cc(C(C)(C)C)c(C2SC23C(C)(C)c2ccccc2C3(C)C)c(C(C)(C)C)c1. The maximum absolute atomic E-state index is 2.55. The van der Waals surface area contributed by atoms with Crippen LogP contribution < -0.4 is 0 Å². The van der Waals surface area contributed by atoms with Crippen molar-refractivity contribution in [3.8, 4) is 0 Å². The fourth-order valence-electron chi connectivity index (χ4n) is 6.73. The first-order valence-corrected chi connectivity index (χ1v) is 13.6. The minimum atomic E-state index is 0.0979. The molecule has 0 bridgehead atoms. The van der Waals surface area contributed by atoms with Crippen LogP contribution in [0.1, 0.15) is 129 Å². The van der Waals surface area contributed by atoms with E-state index in [4.69, 9.17) is 0 Å². The van der Waals surface area contributed by atoms with Gasteiger partial charge in [0.05, 0.1) is 4.75 Å². The summed E-state index contributed by atoms with van der Waals surface area (Å²) in [6, 6.07) is 14.4. The first kappa shape index (κ1) is 24.9. The van der Waals surface area contributed by atoms with E-state index in [2.05, 4.69) is 138 Å². The van der Waals surface area contributed by atoms with E-state index in [-0.39, 0.29) is 31.8 Å². The van der Waals surface area contributed by atoms with E-state index in [9.17, 15) is 0 Å². The topological polar surface area (TPSA) is 0 Å². The molecule has 1 aliphatic carbocycles. The lowest BCUT2D eigenvalue weighted by Gasteiger charge is -2.39. The van der Waals surface area contributed by atoms with Crippen molar-refractivity contribution in [1.29, 1.82) is 0 Å². The number of fused-ring (bicyclic) bond motifs is 1. The number of hydrogen-bond acceptors (Lipinski definition) is 1. The lowest BCUT2D eigenvalue weighted by molar-refractivity contribution is 0.316. The summed E-state index contributed by atoms with van der Waals surface area (Å²) >= 11 is 2.24. The molecular weight excluding hydrogens is 416 g/mol. The largest absolute Gasteiger partial charge is 0.142 e. The van der Waals surface area contributed by atoms with Gasteiger partial charge >= 0.3 is 0 Å². The van der Waals surface area contributed by atoms with Gasteiger partial charge in [0.25, 0.3) is 0 Å². The Hall–Kier alpha value is -1.21. The monoisotopic (exact) mass is 462 g/mol. The number of hydrogen-bond donors (Lipinski definition) is 0. The summed E-state index contributed by atoms with van der Waals surface area (Å²) in [5, 5.41) is 0.507. The van der Waals surface area contributed by atoms with Gasteiger partial charge in [-0.25, -0.2) is 0 Å².